The standard InChI is InChI=1S/C9H16FN/c1-8(10)7-11-6-5-9(11)3-2-4-9/h8H,2-7H2,1H3. The molecule has 1 unspecified atom stereocenters. The van der Waals surface area contributed by atoms with Crippen LogP contribution in [0.1, 0.15) is 32.6 Å². The highest BCUT2D eigenvalue weighted by Gasteiger charge is 2.48. The minimum absolute atomic E-state index is 0.486. The molecule has 11 heavy (non-hydrogen) atoms. The van der Waals surface area contributed by atoms with Gasteiger partial charge in [0.1, 0.15) is 6.17 Å². The zero-order chi connectivity index (χ0) is 7.90. The summed E-state index contributed by atoms with van der Waals surface area (Å²) in [6.45, 7) is 3.46. The molecule has 0 amide bonds. The molecule has 1 saturated heterocycles. The predicted octanol–water partition coefficient (Wildman–Crippen LogP) is 1.97. The van der Waals surface area contributed by atoms with E-state index in [4.69, 9.17) is 0 Å². The lowest BCUT2D eigenvalue weighted by atomic mass is 9.68. The third-order valence-electron chi connectivity index (χ3n) is 3.27. The molecule has 2 heteroatoms. The van der Waals surface area contributed by atoms with Gasteiger partial charge >= 0.3 is 0 Å². The van der Waals surface area contributed by atoms with Gasteiger partial charge in [-0.15, -0.1) is 0 Å². The second kappa shape index (κ2) is 2.44. The summed E-state index contributed by atoms with van der Waals surface area (Å²) in [5, 5.41) is 0. The molecule has 0 radical (unpaired) electrons. The Kier molecular flexibility index (Phi) is 1.67. The lowest BCUT2D eigenvalue weighted by Crippen LogP contribution is -2.64. The third-order valence-corrected chi connectivity index (χ3v) is 3.27. The Hall–Kier alpha value is -0.110. The summed E-state index contributed by atoms with van der Waals surface area (Å²) < 4.78 is 12.6. The Morgan fingerprint density at radius 1 is 1.45 bits per heavy atom. The Labute approximate surface area is 67.6 Å². The van der Waals surface area contributed by atoms with Gasteiger partial charge in [0.2, 0.25) is 0 Å². The molecule has 1 spiro atoms. The summed E-state index contributed by atoms with van der Waals surface area (Å²) in [6, 6.07) is 0. The Morgan fingerprint density at radius 2 is 2.18 bits per heavy atom. The molecular formula is C9H16FN. The highest BCUT2D eigenvalue weighted by Crippen LogP contribution is 2.46. The lowest BCUT2D eigenvalue weighted by Gasteiger charge is -2.59. The molecule has 0 N–H and O–H groups in total. The van der Waals surface area contributed by atoms with Crippen LogP contribution in [0.15, 0.2) is 0 Å². The zero-order valence-corrected chi connectivity index (χ0v) is 7.15. The SMILES string of the molecule is CC(F)CN1CCC12CCC2. The van der Waals surface area contributed by atoms with Crippen LogP contribution < -0.4 is 0 Å². The van der Waals surface area contributed by atoms with E-state index in [2.05, 4.69) is 4.90 Å². The van der Waals surface area contributed by atoms with Crippen LogP contribution in [0.3, 0.4) is 0 Å². The largest absolute Gasteiger partial charge is 0.295 e. The number of rotatable bonds is 2. The van der Waals surface area contributed by atoms with E-state index in [0.29, 0.717) is 12.1 Å². The second-order valence-corrected chi connectivity index (χ2v) is 4.05. The van der Waals surface area contributed by atoms with E-state index in [1.165, 1.54) is 25.7 Å². The summed E-state index contributed by atoms with van der Waals surface area (Å²) >= 11 is 0. The molecule has 2 fully saturated rings. The molecule has 2 aliphatic rings. The van der Waals surface area contributed by atoms with Crippen molar-refractivity contribution in [3.8, 4) is 0 Å². The van der Waals surface area contributed by atoms with Gasteiger partial charge in [0.25, 0.3) is 0 Å². The van der Waals surface area contributed by atoms with Crippen molar-refractivity contribution in [2.75, 3.05) is 13.1 Å². The van der Waals surface area contributed by atoms with Crippen molar-refractivity contribution >= 4 is 0 Å². The molecule has 0 aromatic rings. The van der Waals surface area contributed by atoms with Gasteiger partial charge in [-0.2, -0.15) is 0 Å². The van der Waals surface area contributed by atoms with Gasteiger partial charge in [0.05, 0.1) is 0 Å². The van der Waals surface area contributed by atoms with E-state index in [0.717, 1.165) is 6.54 Å². The van der Waals surface area contributed by atoms with Crippen molar-refractivity contribution in [1.82, 2.24) is 4.90 Å². The molecule has 1 aliphatic heterocycles. The first-order valence-corrected chi connectivity index (χ1v) is 4.62. The molecule has 0 aromatic heterocycles. The maximum atomic E-state index is 12.6. The summed E-state index contributed by atoms with van der Waals surface area (Å²) in [4.78, 5) is 2.33. The van der Waals surface area contributed by atoms with Crippen LogP contribution in [0.2, 0.25) is 0 Å². The van der Waals surface area contributed by atoms with Crippen molar-refractivity contribution < 1.29 is 4.39 Å². The number of hydrogen-bond acceptors (Lipinski definition) is 1. The number of halogens is 1. The van der Waals surface area contributed by atoms with E-state index in [1.54, 1.807) is 6.92 Å². The quantitative estimate of drug-likeness (QED) is 0.592. The van der Waals surface area contributed by atoms with Crippen molar-refractivity contribution in [2.45, 2.75) is 44.3 Å². The minimum atomic E-state index is -0.646. The van der Waals surface area contributed by atoms with Crippen LogP contribution in [0, 0.1) is 0 Å². The fourth-order valence-electron chi connectivity index (χ4n) is 2.33. The first kappa shape index (κ1) is 7.53. The van der Waals surface area contributed by atoms with Crippen LogP contribution in [0.4, 0.5) is 4.39 Å². The molecule has 0 aromatic carbocycles. The molecular weight excluding hydrogens is 141 g/mol. The lowest BCUT2D eigenvalue weighted by molar-refractivity contribution is -0.0819. The predicted molar refractivity (Wildman–Crippen MR) is 43.3 cm³/mol. The summed E-state index contributed by atoms with van der Waals surface area (Å²) in [5.41, 5.74) is 0.486. The molecule has 2 rings (SSSR count). The Balaban J connectivity index is 1.86. The second-order valence-electron chi connectivity index (χ2n) is 4.05. The normalized spacial score (nSPS) is 31.1. The molecule has 1 heterocycles. The summed E-state index contributed by atoms with van der Waals surface area (Å²) in [6.07, 6.45) is 4.67. The first-order chi connectivity index (χ1) is 5.23. The van der Waals surface area contributed by atoms with Gasteiger partial charge in [-0.3, -0.25) is 4.90 Å². The number of hydrogen-bond donors (Lipinski definition) is 0. The number of nitrogens with zero attached hydrogens (tertiary/aromatic N) is 1. The van der Waals surface area contributed by atoms with Crippen molar-refractivity contribution in [2.24, 2.45) is 0 Å². The van der Waals surface area contributed by atoms with Gasteiger partial charge in [-0.1, -0.05) is 0 Å². The number of alkyl halides is 1. The third kappa shape index (κ3) is 1.08. The maximum Gasteiger partial charge on any atom is 0.110 e. The number of likely N-dealkylation sites (tertiary alicyclic amines) is 1. The minimum Gasteiger partial charge on any atom is -0.295 e. The van der Waals surface area contributed by atoms with Crippen LogP contribution >= 0.6 is 0 Å². The first-order valence-electron chi connectivity index (χ1n) is 4.62. The van der Waals surface area contributed by atoms with Gasteiger partial charge in [0, 0.05) is 18.6 Å². The summed E-state index contributed by atoms with van der Waals surface area (Å²) in [5.74, 6) is 0. The molecule has 0 bridgehead atoms. The fourth-order valence-corrected chi connectivity index (χ4v) is 2.33. The zero-order valence-electron chi connectivity index (χ0n) is 7.15. The van der Waals surface area contributed by atoms with E-state index in [-0.39, 0.29) is 0 Å². The molecule has 64 valence electrons. The molecule has 1 atom stereocenters. The van der Waals surface area contributed by atoms with Crippen molar-refractivity contribution in [3.05, 3.63) is 0 Å². The molecule has 1 nitrogen and oxygen atoms in total. The molecule has 1 aliphatic carbocycles. The van der Waals surface area contributed by atoms with Gasteiger partial charge in [-0.05, 0) is 32.6 Å². The Bertz CT molecular complexity index is 146. The van der Waals surface area contributed by atoms with Gasteiger partial charge in [-0.25, -0.2) is 4.39 Å². The highest BCUT2D eigenvalue weighted by molar-refractivity contribution is 5.05. The van der Waals surface area contributed by atoms with E-state index >= 15 is 0 Å². The monoisotopic (exact) mass is 157 g/mol. The smallest absolute Gasteiger partial charge is 0.110 e. The van der Waals surface area contributed by atoms with E-state index in [9.17, 15) is 4.39 Å². The van der Waals surface area contributed by atoms with Crippen molar-refractivity contribution in [3.63, 3.8) is 0 Å². The maximum absolute atomic E-state index is 12.6. The van der Waals surface area contributed by atoms with Gasteiger partial charge < -0.3 is 0 Å². The fraction of sp³-hybridized carbons (Fsp3) is 1.00. The van der Waals surface area contributed by atoms with Gasteiger partial charge in [0.15, 0.2) is 0 Å². The van der Waals surface area contributed by atoms with E-state index in [1.807, 2.05) is 0 Å². The highest BCUT2D eigenvalue weighted by atomic mass is 19.1. The van der Waals surface area contributed by atoms with Crippen LogP contribution in [0.5, 0.6) is 0 Å². The van der Waals surface area contributed by atoms with Crippen LogP contribution in [0.25, 0.3) is 0 Å². The molecule has 1 saturated carbocycles. The average molecular weight is 157 g/mol. The summed E-state index contributed by atoms with van der Waals surface area (Å²) in [7, 11) is 0. The van der Waals surface area contributed by atoms with E-state index < -0.39 is 6.17 Å². The van der Waals surface area contributed by atoms with Crippen molar-refractivity contribution in [1.29, 1.82) is 0 Å². The topological polar surface area (TPSA) is 3.24 Å². The average Bonchev–Trinajstić information content (AvgIpc) is 1.76. The Morgan fingerprint density at radius 3 is 2.45 bits per heavy atom. The van der Waals surface area contributed by atoms with Crippen LogP contribution in [-0.2, 0) is 0 Å². The van der Waals surface area contributed by atoms with Crippen LogP contribution in [-0.4, -0.2) is 29.7 Å².